The fourth-order valence-electron chi connectivity index (χ4n) is 2.81. The van der Waals surface area contributed by atoms with Crippen LogP contribution in [0, 0.1) is 17.3 Å². The van der Waals surface area contributed by atoms with Gasteiger partial charge in [0, 0.05) is 11.3 Å². The van der Waals surface area contributed by atoms with Crippen molar-refractivity contribution in [1.29, 1.82) is 0 Å². The van der Waals surface area contributed by atoms with E-state index in [1.54, 1.807) is 6.07 Å². The molecule has 0 spiro atoms. The van der Waals surface area contributed by atoms with Crippen LogP contribution in [0.4, 0.5) is 0 Å². The van der Waals surface area contributed by atoms with Crippen molar-refractivity contribution >= 4 is 27.3 Å². The SMILES string of the molecule is CC(C)(C)C#Cc1ccc(S(=O)(=O)N[C@@]2(C(=O)O)C[C@H]2c2ccccc2)s1. The van der Waals surface area contributed by atoms with Crippen LogP contribution in [-0.4, -0.2) is 25.0 Å². The van der Waals surface area contributed by atoms with Gasteiger partial charge in [-0.1, -0.05) is 42.2 Å². The van der Waals surface area contributed by atoms with Crippen molar-refractivity contribution in [3.05, 3.63) is 52.9 Å². The average molecular weight is 404 g/mol. The maximum atomic E-state index is 12.8. The van der Waals surface area contributed by atoms with Gasteiger partial charge in [-0.05, 0) is 44.9 Å². The van der Waals surface area contributed by atoms with Crippen molar-refractivity contribution in [3.8, 4) is 11.8 Å². The van der Waals surface area contributed by atoms with Gasteiger partial charge in [0.25, 0.3) is 10.0 Å². The molecule has 0 aliphatic heterocycles. The van der Waals surface area contributed by atoms with Crippen molar-refractivity contribution in [3.63, 3.8) is 0 Å². The molecule has 0 bridgehead atoms. The summed E-state index contributed by atoms with van der Waals surface area (Å²) in [6.45, 7) is 5.92. The number of thiophene rings is 1. The molecule has 3 rings (SSSR count). The molecule has 1 aliphatic carbocycles. The Bertz CT molecular complexity index is 1020. The highest BCUT2D eigenvalue weighted by Crippen LogP contribution is 2.52. The topological polar surface area (TPSA) is 83.5 Å². The first-order valence-electron chi connectivity index (χ1n) is 8.49. The van der Waals surface area contributed by atoms with E-state index >= 15 is 0 Å². The number of sulfonamides is 1. The first-order valence-corrected chi connectivity index (χ1v) is 10.8. The Kier molecular flexibility index (Phi) is 4.93. The Hall–Kier alpha value is -2.14. The number of hydrogen-bond donors (Lipinski definition) is 2. The van der Waals surface area contributed by atoms with Crippen molar-refractivity contribution in [2.24, 2.45) is 5.41 Å². The van der Waals surface area contributed by atoms with E-state index in [1.807, 2.05) is 51.1 Å². The summed E-state index contributed by atoms with van der Waals surface area (Å²) in [4.78, 5) is 12.5. The summed E-state index contributed by atoms with van der Waals surface area (Å²) in [6, 6.07) is 12.2. The van der Waals surface area contributed by atoms with Crippen molar-refractivity contribution < 1.29 is 18.3 Å². The van der Waals surface area contributed by atoms with Crippen LogP contribution in [0.3, 0.4) is 0 Å². The average Bonchev–Trinajstić information content (AvgIpc) is 3.09. The lowest BCUT2D eigenvalue weighted by Gasteiger charge is -2.14. The molecule has 1 aromatic carbocycles. The fourth-order valence-corrected chi connectivity index (χ4v) is 5.38. The predicted molar refractivity (Wildman–Crippen MR) is 105 cm³/mol. The van der Waals surface area contributed by atoms with E-state index < -0.39 is 21.5 Å². The third-order valence-electron chi connectivity index (χ3n) is 4.27. The molecule has 1 saturated carbocycles. The molecule has 1 aromatic heterocycles. The summed E-state index contributed by atoms with van der Waals surface area (Å²) in [7, 11) is -3.95. The standard InChI is InChI=1S/C20H21NO4S2/c1-19(2,3)12-11-15-9-10-17(26-15)27(24,25)21-20(18(22)23)13-16(20)14-7-5-4-6-8-14/h4-10,16,21H,13H2,1-3H3,(H,22,23)/t16-,20-/m0/s1. The summed E-state index contributed by atoms with van der Waals surface area (Å²) < 4.78 is 28.0. The van der Waals surface area contributed by atoms with Crippen molar-refractivity contribution in [2.75, 3.05) is 0 Å². The van der Waals surface area contributed by atoms with Gasteiger partial charge in [-0.3, -0.25) is 4.79 Å². The molecule has 2 N–H and O–H groups in total. The zero-order valence-electron chi connectivity index (χ0n) is 15.3. The van der Waals surface area contributed by atoms with Gasteiger partial charge in [0.2, 0.25) is 0 Å². The van der Waals surface area contributed by atoms with Gasteiger partial charge in [0.1, 0.15) is 9.75 Å². The number of carbonyl (C=O) groups is 1. The Labute approximate surface area is 163 Å². The fraction of sp³-hybridized carbons (Fsp3) is 0.350. The molecule has 5 nitrogen and oxygen atoms in total. The van der Waals surface area contributed by atoms with E-state index in [0.717, 1.165) is 16.9 Å². The maximum absolute atomic E-state index is 12.8. The minimum atomic E-state index is -3.95. The molecule has 2 aromatic rings. The lowest BCUT2D eigenvalue weighted by atomic mass is 9.98. The van der Waals surface area contributed by atoms with Crippen LogP contribution < -0.4 is 4.72 Å². The molecule has 2 atom stereocenters. The summed E-state index contributed by atoms with van der Waals surface area (Å²) >= 11 is 1.04. The van der Waals surface area contributed by atoms with Gasteiger partial charge < -0.3 is 5.11 Å². The zero-order chi connectivity index (χ0) is 19.9. The molecule has 1 heterocycles. The van der Waals surface area contributed by atoms with E-state index in [1.165, 1.54) is 6.07 Å². The predicted octanol–water partition coefficient (Wildman–Crippen LogP) is 3.43. The quantitative estimate of drug-likeness (QED) is 0.749. The summed E-state index contributed by atoms with van der Waals surface area (Å²) in [5.41, 5.74) is -0.877. The molecule has 0 saturated heterocycles. The maximum Gasteiger partial charge on any atom is 0.325 e. The lowest BCUT2D eigenvalue weighted by Crippen LogP contribution is -2.44. The largest absolute Gasteiger partial charge is 0.480 e. The molecule has 0 unspecified atom stereocenters. The molecule has 1 aliphatic rings. The number of hydrogen-bond acceptors (Lipinski definition) is 4. The minimum Gasteiger partial charge on any atom is -0.480 e. The van der Waals surface area contributed by atoms with Crippen LogP contribution in [-0.2, 0) is 14.8 Å². The smallest absolute Gasteiger partial charge is 0.325 e. The van der Waals surface area contributed by atoms with E-state index in [4.69, 9.17) is 0 Å². The van der Waals surface area contributed by atoms with Crippen molar-refractivity contribution in [1.82, 2.24) is 4.72 Å². The van der Waals surface area contributed by atoms with Gasteiger partial charge >= 0.3 is 5.97 Å². The number of rotatable bonds is 5. The van der Waals surface area contributed by atoms with Crippen LogP contribution >= 0.6 is 11.3 Å². The zero-order valence-corrected chi connectivity index (χ0v) is 16.9. The molecule has 0 amide bonds. The number of aliphatic carboxylic acids is 1. The first-order chi connectivity index (χ1) is 12.5. The monoisotopic (exact) mass is 403 g/mol. The second-order valence-corrected chi connectivity index (χ2v) is 10.7. The molecule has 7 heteroatoms. The van der Waals surface area contributed by atoms with E-state index in [9.17, 15) is 18.3 Å². The van der Waals surface area contributed by atoms with Crippen LogP contribution in [0.25, 0.3) is 0 Å². The Morgan fingerprint density at radius 3 is 2.48 bits per heavy atom. The molecular weight excluding hydrogens is 382 g/mol. The van der Waals surface area contributed by atoms with Crippen LogP contribution in [0.1, 0.15) is 43.6 Å². The second-order valence-electron chi connectivity index (χ2n) is 7.67. The van der Waals surface area contributed by atoms with Crippen molar-refractivity contribution in [2.45, 2.75) is 42.9 Å². The van der Waals surface area contributed by atoms with Gasteiger partial charge in [-0.2, -0.15) is 4.72 Å². The normalized spacial score (nSPS) is 22.0. The highest BCUT2D eigenvalue weighted by Gasteiger charge is 2.63. The van der Waals surface area contributed by atoms with Crippen LogP contribution in [0.2, 0.25) is 0 Å². The third-order valence-corrected chi connectivity index (χ3v) is 7.27. The number of benzene rings is 1. The minimum absolute atomic E-state index is 0.0695. The molecule has 27 heavy (non-hydrogen) atoms. The molecule has 0 radical (unpaired) electrons. The molecule has 1 fully saturated rings. The Morgan fingerprint density at radius 2 is 1.89 bits per heavy atom. The highest BCUT2D eigenvalue weighted by atomic mass is 32.2. The molecule has 142 valence electrons. The summed E-state index contributed by atoms with van der Waals surface area (Å²) in [5.74, 6) is 4.49. The van der Waals surface area contributed by atoms with E-state index in [0.29, 0.717) is 4.88 Å². The third kappa shape index (κ3) is 4.24. The van der Waals surface area contributed by atoms with Gasteiger partial charge in [-0.25, -0.2) is 8.42 Å². The highest BCUT2D eigenvalue weighted by molar-refractivity contribution is 7.91. The van der Waals surface area contributed by atoms with Gasteiger partial charge in [0.05, 0.1) is 4.88 Å². The second kappa shape index (κ2) is 6.79. The lowest BCUT2D eigenvalue weighted by molar-refractivity contribution is -0.140. The number of nitrogens with one attached hydrogen (secondary N) is 1. The van der Waals surface area contributed by atoms with Crippen LogP contribution in [0.15, 0.2) is 46.7 Å². The van der Waals surface area contributed by atoms with E-state index in [-0.39, 0.29) is 22.0 Å². The Balaban J connectivity index is 1.84. The first kappa shape index (κ1) is 19.6. The van der Waals surface area contributed by atoms with E-state index in [2.05, 4.69) is 16.6 Å². The van der Waals surface area contributed by atoms with Gasteiger partial charge in [0.15, 0.2) is 0 Å². The van der Waals surface area contributed by atoms with Gasteiger partial charge in [-0.15, -0.1) is 11.3 Å². The summed E-state index contributed by atoms with van der Waals surface area (Å²) in [5, 5.41) is 9.68. The molecular formula is C20H21NO4S2. The number of carboxylic acid groups (broad SMARTS) is 1. The Morgan fingerprint density at radius 1 is 1.22 bits per heavy atom. The number of carboxylic acids is 1. The van der Waals surface area contributed by atoms with Crippen LogP contribution in [0.5, 0.6) is 0 Å². The summed E-state index contributed by atoms with van der Waals surface area (Å²) in [6.07, 6.45) is 0.230.